The van der Waals surface area contributed by atoms with Gasteiger partial charge in [-0.25, -0.2) is 19.8 Å². The molecular weight excluding hydrogens is 324 g/mol. The Morgan fingerprint density at radius 3 is 2.87 bits per heavy atom. The summed E-state index contributed by atoms with van der Waals surface area (Å²) >= 11 is 0. The minimum absolute atomic E-state index is 0.00769. The monoisotopic (exact) mass is 340 g/mol. The van der Waals surface area contributed by atoms with E-state index in [9.17, 15) is 10.00 Å². The number of imidazole rings is 1. The van der Waals surface area contributed by atoms with Crippen LogP contribution in [0.2, 0.25) is 0 Å². The van der Waals surface area contributed by atoms with E-state index in [-0.39, 0.29) is 19.0 Å². The number of anilines is 1. The predicted molar refractivity (Wildman–Crippen MR) is 82.1 cm³/mol. The molecule has 23 heavy (non-hydrogen) atoms. The first kappa shape index (κ1) is 16.5. The number of aromatic nitrogens is 4. The van der Waals surface area contributed by atoms with E-state index in [1.807, 2.05) is 0 Å². The molecule has 0 aliphatic carbocycles. The van der Waals surface area contributed by atoms with Gasteiger partial charge in [-0.3, -0.25) is 4.57 Å². The third-order valence-corrected chi connectivity index (χ3v) is 4.32. The second-order valence-corrected chi connectivity index (χ2v) is 6.79. The van der Waals surface area contributed by atoms with Gasteiger partial charge in [0.25, 0.3) is 0 Å². The lowest BCUT2D eigenvalue weighted by atomic mass is 10.3. The van der Waals surface area contributed by atoms with Gasteiger partial charge < -0.3 is 15.6 Å². The van der Waals surface area contributed by atoms with Gasteiger partial charge in [0, 0.05) is 0 Å². The van der Waals surface area contributed by atoms with E-state index >= 15 is 0 Å². The smallest absolute Gasteiger partial charge is 0.386 e. The number of nitrogens with zero attached hydrogens (tertiary/aromatic N) is 4. The molecule has 1 aliphatic heterocycles. The van der Waals surface area contributed by atoms with Crippen molar-refractivity contribution in [2.45, 2.75) is 25.4 Å². The average molecular weight is 340 g/mol. The first-order valence-electron chi connectivity index (χ1n) is 6.83. The molecule has 3 rings (SSSR count). The molecule has 12 heteroatoms. The second kappa shape index (κ2) is 6.27. The number of rotatable bonds is 1. The predicted octanol–water partition coefficient (Wildman–Crippen LogP) is -0.442. The highest BCUT2D eigenvalue weighted by Crippen LogP contribution is 2.52. The summed E-state index contributed by atoms with van der Waals surface area (Å²) in [6, 6.07) is 0. The summed E-state index contributed by atoms with van der Waals surface area (Å²) in [6.45, 7) is 1.44. The fourth-order valence-electron chi connectivity index (χ4n) is 2.19. The molecule has 3 heterocycles. The number of aliphatic hydroxyl groups is 1. The van der Waals surface area contributed by atoms with E-state index < -0.39 is 26.3 Å². The maximum absolute atomic E-state index is 10.4. The van der Waals surface area contributed by atoms with Gasteiger partial charge in [-0.15, -0.1) is 0 Å². The lowest BCUT2D eigenvalue weighted by molar-refractivity contribution is -0.120. The highest BCUT2D eigenvalue weighted by molar-refractivity contribution is 7.85. The van der Waals surface area contributed by atoms with Crippen LogP contribution in [0, 0.1) is 0 Å². The van der Waals surface area contributed by atoms with Crippen molar-refractivity contribution in [2.24, 2.45) is 0 Å². The van der Waals surface area contributed by atoms with E-state index in [0.717, 1.165) is 0 Å². The molecule has 1 saturated heterocycles. The molecule has 0 spiro atoms. The van der Waals surface area contributed by atoms with Gasteiger partial charge >= 0.3 is 15.4 Å². The summed E-state index contributed by atoms with van der Waals surface area (Å²) < 4.78 is 17.5. The van der Waals surface area contributed by atoms with Crippen LogP contribution >= 0.6 is 7.82 Å². The van der Waals surface area contributed by atoms with Crippen LogP contribution in [0.1, 0.15) is 13.2 Å². The van der Waals surface area contributed by atoms with Gasteiger partial charge in [0.15, 0.2) is 17.7 Å². The second-order valence-electron chi connectivity index (χ2n) is 5.14. The fraction of sp³-hybridized carbons (Fsp3) is 0.545. The topological polar surface area (TPSA) is 138 Å². The largest absolute Gasteiger partial charge is 0.488 e. The average Bonchev–Trinajstić information content (AvgIpc) is 2.94. The Hall–Kier alpha value is -1.36. The summed E-state index contributed by atoms with van der Waals surface area (Å²) in [4.78, 5) is 21.9. The quantitative estimate of drug-likeness (QED) is 0.466. The summed E-state index contributed by atoms with van der Waals surface area (Å²) in [5.41, 5.74) is 6.57. The zero-order valence-corrected chi connectivity index (χ0v) is 13.2. The molecule has 122 valence electrons. The van der Waals surface area contributed by atoms with Crippen LogP contribution in [-0.4, -0.2) is 62.5 Å². The zero-order chi connectivity index (χ0) is 16.6. The van der Waals surface area contributed by atoms with Crippen LogP contribution in [0.4, 0.5) is 5.82 Å². The SMILES string of the molecule is [B][P+]1(O)OC[C@H](C)O[C@@H](n2cnc3c(N)ncnc32)[C@@H](O)CO1. The standard InChI is InChI=1S/C11H16BN5O5P/c1-6-2-20-23(12,19)21-3-7(18)11(22-6)17-5-16-8-9(13)14-4-15-10(8)17/h4-7,11,18-19H,2-3H2,1H3,(H2,13,14,15)/q+1/t6-,7-,11+,23?/m0/s1. The first-order valence-corrected chi connectivity index (χ1v) is 8.48. The van der Waals surface area contributed by atoms with Crippen molar-refractivity contribution in [1.29, 1.82) is 0 Å². The van der Waals surface area contributed by atoms with E-state index in [1.54, 1.807) is 6.92 Å². The van der Waals surface area contributed by atoms with E-state index in [0.29, 0.717) is 11.2 Å². The molecular formula is C11H16BN5O5P+. The summed E-state index contributed by atoms with van der Waals surface area (Å²) in [7, 11) is 2.03. The van der Waals surface area contributed by atoms with Gasteiger partial charge in [-0.05, 0) is 6.92 Å². The zero-order valence-electron chi connectivity index (χ0n) is 12.3. The third-order valence-electron chi connectivity index (χ3n) is 3.29. The Labute approximate surface area is 133 Å². The van der Waals surface area contributed by atoms with Gasteiger partial charge in [0.1, 0.15) is 31.2 Å². The molecule has 2 aromatic heterocycles. The van der Waals surface area contributed by atoms with Crippen molar-refractivity contribution in [3.8, 4) is 0 Å². The fourth-order valence-corrected chi connectivity index (χ4v) is 3.05. The first-order chi connectivity index (χ1) is 10.9. The molecule has 4 atom stereocenters. The summed E-state index contributed by atoms with van der Waals surface area (Å²) in [5.74, 6) is 0.223. The molecule has 4 N–H and O–H groups in total. The van der Waals surface area contributed by atoms with Crippen molar-refractivity contribution in [2.75, 3.05) is 18.9 Å². The number of ether oxygens (including phenoxy) is 1. The van der Waals surface area contributed by atoms with Crippen LogP contribution in [0.15, 0.2) is 12.7 Å². The van der Waals surface area contributed by atoms with E-state index in [1.165, 1.54) is 17.2 Å². The lowest BCUT2D eigenvalue weighted by Gasteiger charge is -2.25. The molecule has 2 radical (unpaired) electrons. The number of aliphatic hydroxyl groups excluding tert-OH is 1. The van der Waals surface area contributed by atoms with Crippen molar-refractivity contribution < 1.29 is 23.8 Å². The normalized spacial score (nSPS) is 33.1. The molecule has 0 aromatic carbocycles. The number of hydrogen-bond acceptors (Lipinski definition) is 9. The van der Waals surface area contributed by atoms with Gasteiger partial charge in [0.05, 0.1) is 12.4 Å². The van der Waals surface area contributed by atoms with Gasteiger partial charge in [0.2, 0.25) is 0 Å². The van der Waals surface area contributed by atoms with E-state index in [2.05, 4.69) is 15.0 Å². The lowest BCUT2D eigenvalue weighted by Crippen LogP contribution is -2.32. The maximum atomic E-state index is 10.4. The highest BCUT2D eigenvalue weighted by atomic mass is 31.2. The van der Waals surface area contributed by atoms with E-state index in [4.69, 9.17) is 27.1 Å². The van der Waals surface area contributed by atoms with Crippen molar-refractivity contribution in [1.82, 2.24) is 19.5 Å². The molecule has 0 amide bonds. The Morgan fingerprint density at radius 1 is 1.35 bits per heavy atom. The molecule has 1 aliphatic rings. The van der Waals surface area contributed by atoms with Crippen LogP contribution in [-0.2, 0) is 13.8 Å². The molecule has 0 bridgehead atoms. The van der Waals surface area contributed by atoms with Gasteiger partial charge in [-0.1, -0.05) is 0 Å². The van der Waals surface area contributed by atoms with Crippen molar-refractivity contribution in [3.05, 3.63) is 12.7 Å². The Balaban J connectivity index is 1.96. The molecule has 1 unspecified atom stereocenters. The number of nitrogen functional groups attached to an aromatic ring is 1. The number of nitrogens with two attached hydrogens (primary N) is 1. The summed E-state index contributed by atoms with van der Waals surface area (Å²) in [6.07, 6.45) is 0.264. The maximum Gasteiger partial charge on any atom is 0.488 e. The van der Waals surface area contributed by atoms with Gasteiger partial charge in [-0.2, -0.15) is 9.05 Å². The molecule has 10 nitrogen and oxygen atoms in total. The van der Waals surface area contributed by atoms with Crippen LogP contribution in [0.3, 0.4) is 0 Å². The number of fused-ring (bicyclic) bond motifs is 1. The van der Waals surface area contributed by atoms with Crippen LogP contribution in [0.25, 0.3) is 11.2 Å². The molecule has 0 saturated carbocycles. The Kier molecular flexibility index (Phi) is 4.50. The molecule has 1 fully saturated rings. The van der Waals surface area contributed by atoms with Crippen LogP contribution < -0.4 is 5.73 Å². The minimum Gasteiger partial charge on any atom is -0.386 e. The number of hydrogen-bond donors (Lipinski definition) is 3. The van der Waals surface area contributed by atoms with Crippen molar-refractivity contribution >= 4 is 32.4 Å². The highest BCUT2D eigenvalue weighted by Gasteiger charge is 2.39. The minimum atomic E-state index is -3.48. The Bertz CT molecular complexity index is 700. The Morgan fingerprint density at radius 2 is 2.09 bits per heavy atom. The summed E-state index contributed by atoms with van der Waals surface area (Å²) in [5, 5.41) is 10.4. The molecule has 2 aromatic rings. The van der Waals surface area contributed by atoms with Crippen molar-refractivity contribution in [3.63, 3.8) is 0 Å². The third kappa shape index (κ3) is 3.44. The van der Waals surface area contributed by atoms with Crippen LogP contribution in [0.5, 0.6) is 0 Å².